The Hall–Kier alpha value is -1.73. The van der Waals surface area contributed by atoms with Gasteiger partial charge in [0.15, 0.2) is 0 Å². The highest BCUT2D eigenvalue weighted by Gasteiger charge is 2.35. The average molecular weight is 274 g/mol. The third-order valence-corrected chi connectivity index (χ3v) is 3.58. The van der Waals surface area contributed by atoms with Crippen molar-refractivity contribution in [3.8, 4) is 12.3 Å². The van der Waals surface area contributed by atoms with Crippen LogP contribution in [0.4, 0.5) is 0 Å². The largest absolute Gasteiger partial charge is 0.466 e. The molecule has 1 amide bonds. The van der Waals surface area contributed by atoms with Gasteiger partial charge in [0.05, 0.1) is 19.1 Å². The molecule has 1 unspecified atom stereocenters. The summed E-state index contributed by atoms with van der Waals surface area (Å²) in [6.07, 6.45) is 6.98. The third kappa shape index (κ3) is 3.43. The van der Waals surface area contributed by atoms with E-state index in [1.165, 1.54) is 0 Å². The molecule has 108 valence electrons. The summed E-state index contributed by atoms with van der Waals surface area (Å²) in [5.74, 6) is 4.32. The molecular formula is C16H22N2O2. The molecule has 1 aliphatic rings. The highest BCUT2D eigenvalue weighted by molar-refractivity contribution is 5.78. The molecule has 0 saturated carbocycles. The van der Waals surface area contributed by atoms with Crippen molar-refractivity contribution in [2.45, 2.75) is 39.7 Å². The van der Waals surface area contributed by atoms with Gasteiger partial charge in [-0.2, -0.15) is 0 Å². The second-order valence-electron chi connectivity index (χ2n) is 6.21. The highest BCUT2D eigenvalue weighted by Crippen LogP contribution is 2.41. The summed E-state index contributed by atoms with van der Waals surface area (Å²) >= 11 is 0. The van der Waals surface area contributed by atoms with Crippen molar-refractivity contribution in [1.29, 1.82) is 0 Å². The van der Waals surface area contributed by atoms with Crippen LogP contribution in [0.3, 0.4) is 0 Å². The Morgan fingerprint density at radius 2 is 2.35 bits per heavy atom. The van der Waals surface area contributed by atoms with Gasteiger partial charge in [0, 0.05) is 12.0 Å². The van der Waals surface area contributed by atoms with E-state index in [2.05, 4.69) is 30.4 Å². The smallest absolute Gasteiger partial charge is 0.234 e. The number of amides is 1. The Kier molecular flexibility index (Phi) is 4.20. The van der Waals surface area contributed by atoms with Crippen molar-refractivity contribution in [3.05, 3.63) is 23.2 Å². The summed E-state index contributed by atoms with van der Waals surface area (Å²) in [5, 5.41) is 5.98. The van der Waals surface area contributed by atoms with E-state index in [0.717, 1.165) is 29.9 Å². The first-order valence-electron chi connectivity index (χ1n) is 6.94. The van der Waals surface area contributed by atoms with E-state index in [4.69, 9.17) is 10.8 Å². The zero-order valence-electron chi connectivity index (χ0n) is 12.4. The van der Waals surface area contributed by atoms with Crippen LogP contribution in [0.25, 0.3) is 0 Å². The van der Waals surface area contributed by atoms with Crippen molar-refractivity contribution in [2.24, 2.45) is 5.41 Å². The van der Waals surface area contributed by atoms with Crippen LogP contribution in [-0.2, 0) is 11.2 Å². The van der Waals surface area contributed by atoms with Gasteiger partial charge in [-0.25, -0.2) is 0 Å². The Morgan fingerprint density at radius 1 is 1.60 bits per heavy atom. The Balaban J connectivity index is 2.07. The Bertz CT molecular complexity index is 537. The highest BCUT2D eigenvalue weighted by atomic mass is 16.3. The van der Waals surface area contributed by atoms with Crippen molar-refractivity contribution < 1.29 is 9.21 Å². The molecule has 4 nitrogen and oxygen atoms in total. The normalized spacial score (nSPS) is 20.0. The van der Waals surface area contributed by atoms with Crippen LogP contribution in [0, 0.1) is 24.7 Å². The Morgan fingerprint density at radius 3 is 3.05 bits per heavy atom. The van der Waals surface area contributed by atoms with Crippen LogP contribution in [-0.4, -0.2) is 19.0 Å². The number of hydrogen-bond acceptors (Lipinski definition) is 3. The molecular weight excluding hydrogens is 252 g/mol. The minimum atomic E-state index is -0.0345. The number of rotatable bonds is 4. The molecule has 0 spiro atoms. The monoisotopic (exact) mass is 274 g/mol. The molecule has 1 heterocycles. The molecule has 4 heteroatoms. The van der Waals surface area contributed by atoms with Gasteiger partial charge in [0.25, 0.3) is 0 Å². The van der Waals surface area contributed by atoms with Gasteiger partial charge in [0.2, 0.25) is 5.91 Å². The van der Waals surface area contributed by atoms with E-state index in [0.29, 0.717) is 6.54 Å². The van der Waals surface area contributed by atoms with Crippen LogP contribution in [0.15, 0.2) is 10.5 Å². The van der Waals surface area contributed by atoms with Gasteiger partial charge in [-0.05, 0) is 24.8 Å². The summed E-state index contributed by atoms with van der Waals surface area (Å²) < 4.78 is 5.76. The SMILES string of the molecule is C#CCNCC(=O)NC1CC(C)(C)Cc2oc(C)cc21. The standard InChI is InChI=1S/C16H22N2O2/c1-5-6-17-10-15(19)18-13-8-16(3,4)9-14-12(13)7-11(2)20-14/h1,7,13,17H,6,8-10H2,2-4H3,(H,18,19). The number of fused-ring (bicyclic) bond motifs is 1. The van der Waals surface area contributed by atoms with E-state index in [9.17, 15) is 4.79 Å². The fourth-order valence-corrected chi connectivity index (χ4v) is 2.81. The van der Waals surface area contributed by atoms with E-state index in [1.807, 2.05) is 13.0 Å². The summed E-state index contributed by atoms with van der Waals surface area (Å²) in [7, 11) is 0. The second kappa shape index (κ2) is 5.72. The molecule has 20 heavy (non-hydrogen) atoms. The molecule has 0 fully saturated rings. The molecule has 0 radical (unpaired) electrons. The molecule has 0 bridgehead atoms. The predicted octanol–water partition coefficient (Wildman–Crippen LogP) is 1.94. The number of carbonyl (C=O) groups excluding carboxylic acids is 1. The molecule has 2 rings (SSSR count). The topological polar surface area (TPSA) is 54.3 Å². The van der Waals surface area contributed by atoms with E-state index < -0.39 is 0 Å². The first-order valence-corrected chi connectivity index (χ1v) is 6.94. The summed E-state index contributed by atoms with van der Waals surface area (Å²) in [6.45, 7) is 6.98. The van der Waals surface area contributed by atoms with Gasteiger partial charge in [-0.1, -0.05) is 19.8 Å². The molecule has 0 saturated heterocycles. The fraction of sp³-hybridized carbons (Fsp3) is 0.562. The van der Waals surface area contributed by atoms with Crippen LogP contribution < -0.4 is 10.6 Å². The minimum Gasteiger partial charge on any atom is -0.466 e. The number of terminal acetylenes is 1. The maximum absolute atomic E-state index is 11.9. The van der Waals surface area contributed by atoms with Gasteiger partial charge in [0.1, 0.15) is 11.5 Å². The maximum atomic E-state index is 11.9. The van der Waals surface area contributed by atoms with Crippen LogP contribution >= 0.6 is 0 Å². The van der Waals surface area contributed by atoms with E-state index in [-0.39, 0.29) is 23.9 Å². The number of carbonyl (C=O) groups is 1. The predicted molar refractivity (Wildman–Crippen MR) is 78.1 cm³/mol. The lowest BCUT2D eigenvalue weighted by molar-refractivity contribution is -0.121. The van der Waals surface area contributed by atoms with Gasteiger partial charge in [-0.3, -0.25) is 10.1 Å². The van der Waals surface area contributed by atoms with E-state index in [1.54, 1.807) is 0 Å². The lowest BCUT2D eigenvalue weighted by Gasteiger charge is -2.34. The minimum absolute atomic E-state index is 0.0198. The third-order valence-electron chi connectivity index (χ3n) is 3.58. The van der Waals surface area contributed by atoms with Crippen molar-refractivity contribution in [3.63, 3.8) is 0 Å². The summed E-state index contributed by atoms with van der Waals surface area (Å²) in [6, 6.07) is 2.05. The van der Waals surface area contributed by atoms with Crippen LogP contribution in [0.2, 0.25) is 0 Å². The fourth-order valence-electron chi connectivity index (χ4n) is 2.81. The maximum Gasteiger partial charge on any atom is 0.234 e. The average Bonchev–Trinajstić information content (AvgIpc) is 2.68. The molecule has 0 aliphatic heterocycles. The van der Waals surface area contributed by atoms with Crippen LogP contribution in [0.1, 0.15) is 43.4 Å². The first kappa shape index (κ1) is 14.7. The first-order chi connectivity index (χ1) is 9.41. The van der Waals surface area contributed by atoms with Crippen molar-refractivity contribution in [1.82, 2.24) is 10.6 Å². The van der Waals surface area contributed by atoms with Gasteiger partial charge < -0.3 is 9.73 Å². The number of hydrogen-bond donors (Lipinski definition) is 2. The summed E-state index contributed by atoms with van der Waals surface area (Å²) in [4.78, 5) is 11.9. The molecule has 0 aromatic carbocycles. The van der Waals surface area contributed by atoms with Crippen LogP contribution in [0.5, 0.6) is 0 Å². The van der Waals surface area contributed by atoms with Crippen molar-refractivity contribution in [2.75, 3.05) is 13.1 Å². The molecule has 1 aromatic heterocycles. The van der Waals surface area contributed by atoms with Gasteiger partial charge in [-0.15, -0.1) is 6.42 Å². The lowest BCUT2D eigenvalue weighted by atomic mass is 9.74. The zero-order chi connectivity index (χ0) is 14.8. The summed E-state index contributed by atoms with van der Waals surface area (Å²) in [5.41, 5.74) is 1.24. The lowest BCUT2D eigenvalue weighted by Crippen LogP contribution is -2.40. The molecule has 1 atom stereocenters. The zero-order valence-corrected chi connectivity index (χ0v) is 12.4. The van der Waals surface area contributed by atoms with Gasteiger partial charge >= 0.3 is 0 Å². The Labute approximate surface area is 120 Å². The molecule has 1 aliphatic carbocycles. The quantitative estimate of drug-likeness (QED) is 0.651. The van der Waals surface area contributed by atoms with E-state index >= 15 is 0 Å². The molecule has 2 N–H and O–H groups in total. The number of nitrogens with one attached hydrogen (secondary N) is 2. The number of aryl methyl sites for hydroxylation is 1. The molecule has 1 aromatic rings. The second-order valence-corrected chi connectivity index (χ2v) is 6.21. The van der Waals surface area contributed by atoms with Crippen molar-refractivity contribution >= 4 is 5.91 Å². The number of furan rings is 1.